The van der Waals surface area contributed by atoms with E-state index in [0.29, 0.717) is 5.56 Å². The predicted octanol–water partition coefficient (Wildman–Crippen LogP) is 1.34. The molecule has 7 heteroatoms. The molecule has 0 heterocycles. The molecule has 1 amide bonds. The third-order valence-electron chi connectivity index (χ3n) is 2.27. The highest BCUT2D eigenvalue weighted by atomic mass is 19.4. The molecule has 4 nitrogen and oxygen atoms in total. The summed E-state index contributed by atoms with van der Waals surface area (Å²) in [6.07, 6.45) is -4.38. The fourth-order valence-electron chi connectivity index (χ4n) is 1.44. The summed E-state index contributed by atoms with van der Waals surface area (Å²) in [5.74, 6) is 4.59. The van der Waals surface area contributed by atoms with Crippen LogP contribution in [0.15, 0.2) is 24.3 Å². The fourth-order valence-corrected chi connectivity index (χ4v) is 1.44. The lowest BCUT2D eigenvalue weighted by atomic mass is 10.1. The maximum absolute atomic E-state index is 11.9. The molecule has 0 saturated carbocycles. The summed E-state index contributed by atoms with van der Waals surface area (Å²) in [7, 11) is 0. The van der Waals surface area contributed by atoms with Crippen molar-refractivity contribution in [3.8, 4) is 11.8 Å². The SMILES string of the molecule is O=C(NCCOCC(F)(F)F)c1ccccc1C#CCO. The van der Waals surface area contributed by atoms with E-state index >= 15 is 0 Å². The number of alkyl halides is 3. The van der Waals surface area contributed by atoms with E-state index in [1.54, 1.807) is 18.2 Å². The number of rotatable bonds is 5. The highest BCUT2D eigenvalue weighted by molar-refractivity contribution is 5.96. The number of hydrogen-bond acceptors (Lipinski definition) is 3. The highest BCUT2D eigenvalue weighted by Gasteiger charge is 2.27. The summed E-state index contributed by atoms with van der Waals surface area (Å²) in [4.78, 5) is 11.9. The van der Waals surface area contributed by atoms with Crippen LogP contribution in [-0.4, -0.2) is 43.6 Å². The number of aliphatic hydroxyl groups excluding tert-OH is 1. The number of carbonyl (C=O) groups excluding carboxylic acids is 1. The van der Waals surface area contributed by atoms with E-state index in [0.717, 1.165) is 0 Å². The second-order valence-electron chi connectivity index (χ2n) is 3.93. The number of amides is 1. The molecule has 0 aliphatic heterocycles. The molecule has 21 heavy (non-hydrogen) atoms. The van der Waals surface area contributed by atoms with Gasteiger partial charge in [-0.15, -0.1) is 0 Å². The van der Waals surface area contributed by atoms with Crippen molar-refractivity contribution in [2.75, 3.05) is 26.4 Å². The summed E-state index contributed by atoms with van der Waals surface area (Å²) in [5.41, 5.74) is 0.717. The van der Waals surface area contributed by atoms with Crippen LogP contribution in [0.5, 0.6) is 0 Å². The second kappa shape index (κ2) is 8.29. The number of benzene rings is 1. The summed E-state index contributed by atoms with van der Waals surface area (Å²) >= 11 is 0. The molecular weight excluding hydrogens is 287 g/mol. The Morgan fingerprint density at radius 2 is 2.05 bits per heavy atom. The molecule has 0 aliphatic rings. The van der Waals surface area contributed by atoms with Crippen LogP contribution in [0.1, 0.15) is 15.9 Å². The molecule has 0 fully saturated rings. The molecule has 0 radical (unpaired) electrons. The van der Waals surface area contributed by atoms with Gasteiger partial charge in [-0.2, -0.15) is 13.2 Å². The van der Waals surface area contributed by atoms with E-state index in [4.69, 9.17) is 5.11 Å². The van der Waals surface area contributed by atoms with E-state index in [9.17, 15) is 18.0 Å². The van der Waals surface area contributed by atoms with Gasteiger partial charge in [0.2, 0.25) is 0 Å². The van der Waals surface area contributed by atoms with Gasteiger partial charge in [-0.25, -0.2) is 0 Å². The van der Waals surface area contributed by atoms with Crippen molar-refractivity contribution < 1.29 is 27.8 Å². The Hall–Kier alpha value is -2.04. The van der Waals surface area contributed by atoms with Gasteiger partial charge in [-0.3, -0.25) is 4.79 Å². The van der Waals surface area contributed by atoms with Crippen LogP contribution in [0.2, 0.25) is 0 Å². The number of halogens is 3. The first-order valence-electron chi connectivity index (χ1n) is 6.05. The Bertz CT molecular complexity index is 532. The Kier molecular flexibility index (Phi) is 6.72. The Morgan fingerprint density at radius 3 is 2.71 bits per heavy atom. The quantitative estimate of drug-likeness (QED) is 0.637. The summed E-state index contributed by atoms with van der Waals surface area (Å²) in [6.45, 7) is -1.96. The lowest BCUT2D eigenvalue weighted by molar-refractivity contribution is -0.173. The summed E-state index contributed by atoms with van der Waals surface area (Å²) in [6, 6.07) is 6.47. The molecule has 1 aromatic rings. The minimum absolute atomic E-state index is 0.0450. The van der Waals surface area contributed by atoms with E-state index in [1.807, 2.05) is 0 Å². The van der Waals surface area contributed by atoms with E-state index in [1.165, 1.54) is 6.07 Å². The Balaban J connectivity index is 2.49. The molecule has 1 rings (SSSR count). The van der Waals surface area contributed by atoms with Gasteiger partial charge in [0.1, 0.15) is 13.2 Å². The molecule has 1 aromatic carbocycles. The number of ether oxygens (including phenoxy) is 1. The van der Waals surface area contributed by atoms with Gasteiger partial charge in [-0.1, -0.05) is 24.0 Å². The highest BCUT2D eigenvalue weighted by Crippen LogP contribution is 2.14. The van der Waals surface area contributed by atoms with Gasteiger partial charge in [0.25, 0.3) is 5.91 Å². The maximum Gasteiger partial charge on any atom is 0.411 e. The molecule has 0 aromatic heterocycles. The second-order valence-corrected chi connectivity index (χ2v) is 3.93. The zero-order valence-electron chi connectivity index (χ0n) is 11.0. The molecular formula is C14H14F3NO3. The first-order chi connectivity index (χ1) is 9.94. The molecule has 0 atom stereocenters. The van der Waals surface area contributed by atoms with Crippen LogP contribution in [0.25, 0.3) is 0 Å². The zero-order valence-corrected chi connectivity index (χ0v) is 11.0. The van der Waals surface area contributed by atoms with Crippen LogP contribution in [0.4, 0.5) is 13.2 Å². The lowest BCUT2D eigenvalue weighted by Crippen LogP contribution is -2.29. The molecule has 0 aliphatic carbocycles. The van der Waals surface area contributed by atoms with Crippen LogP contribution in [0, 0.1) is 11.8 Å². The number of nitrogens with one attached hydrogen (secondary N) is 1. The van der Waals surface area contributed by atoms with Crippen molar-refractivity contribution in [1.82, 2.24) is 5.32 Å². The molecule has 0 saturated heterocycles. The average Bonchev–Trinajstić information content (AvgIpc) is 2.43. The summed E-state index contributed by atoms with van der Waals surface area (Å²) in [5, 5.41) is 11.1. The molecule has 2 N–H and O–H groups in total. The minimum atomic E-state index is -4.38. The van der Waals surface area contributed by atoms with Crippen molar-refractivity contribution in [2.24, 2.45) is 0 Å². The zero-order chi connectivity index (χ0) is 15.7. The smallest absolute Gasteiger partial charge is 0.384 e. The van der Waals surface area contributed by atoms with E-state index in [-0.39, 0.29) is 25.3 Å². The molecule has 114 valence electrons. The van der Waals surface area contributed by atoms with Gasteiger partial charge in [0.15, 0.2) is 0 Å². The van der Waals surface area contributed by atoms with Gasteiger partial charge in [-0.05, 0) is 12.1 Å². The largest absolute Gasteiger partial charge is 0.411 e. The first-order valence-corrected chi connectivity index (χ1v) is 6.05. The van der Waals surface area contributed by atoms with Crippen LogP contribution in [-0.2, 0) is 4.74 Å². The lowest BCUT2D eigenvalue weighted by Gasteiger charge is -2.09. The van der Waals surface area contributed by atoms with Crippen molar-refractivity contribution in [3.63, 3.8) is 0 Å². The Morgan fingerprint density at radius 1 is 1.33 bits per heavy atom. The van der Waals surface area contributed by atoms with Gasteiger partial charge in [0, 0.05) is 12.1 Å². The van der Waals surface area contributed by atoms with Gasteiger partial charge in [0.05, 0.1) is 12.2 Å². The summed E-state index contributed by atoms with van der Waals surface area (Å²) < 4.78 is 39.9. The normalized spacial score (nSPS) is 10.7. The third kappa shape index (κ3) is 6.79. The molecule has 0 unspecified atom stereocenters. The number of carbonyl (C=O) groups is 1. The van der Waals surface area contributed by atoms with Gasteiger partial charge < -0.3 is 15.2 Å². The van der Waals surface area contributed by atoms with Gasteiger partial charge >= 0.3 is 6.18 Å². The van der Waals surface area contributed by atoms with E-state index in [2.05, 4.69) is 21.9 Å². The van der Waals surface area contributed by atoms with Crippen molar-refractivity contribution in [3.05, 3.63) is 35.4 Å². The van der Waals surface area contributed by atoms with Crippen molar-refractivity contribution >= 4 is 5.91 Å². The van der Waals surface area contributed by atoms with Crippen molar-refractivity contribution in [2.45, 2.75) is 6.18 Å². The Labute approximate surface area is 119 Å². The number of hydrogen-bond donors (Lipinski definition) is 2. The molecule has 0 spiro atoms. The van der Waals surface area contributed by atoms with E-state index < -0.39 is 18.7 Å². The van der Waals surface area contributed by atoms with Crippen LogP contribution >= 0.6 is 0 Å². The standard InChI is InChI=1S/C14H14F3NO3/c15-14(16,17)10-21-9-7-18-13(20)12-6-2-1-4-11(12)5-3-8-19/h1-2,4,6,19H,7-10H2,(H,18,20). The molecule has 0 bridgehead atoms. The first kappa shape index (κ1) is 17.0. The van der Waals surface area contributed by atoms with Crippen molar-refractivity contribution in [1.29, 1.82) is 0 Å². The van der Waals surface area contributed by atoms with Crippen LogP contribution in [0.3, 0.4) is 0 Å². The monoisotopic (exact) mass is 301 g/mol. The topological polar surface area (TPSA) is 58.6 Å². The predicted molar refractivity (Wildman–Crippen MR) is 69.6 cm³/mol. The van der Waals surface area contributed by atoms with Crippen LogP contribution < -0.4 is 5.32 Å². The number of aliphatic hydroxyl groups is 1. The average molecular weight is 301 g/mol. The maximum atomic E-state index is 11.9. The minimum Gasteiger partial charge on any atom is -0.384 e. The fraction of sp³-hybridized carbons (Fsp3) is 0.357. The third-order valence-corrected chi connectivity index (χ3v) is 2.27.